The largest absolute Gasteiger partial charge is 0.493 e. The molecule has 1 aromatic heterocycles. The van der Waals surface area contributed by atoms with E-state index in [1.54, 1.807) is 18.2 Å². The molecule has 0 saturated heterocycles. The summed E-state index contributed by atoms with van der Waals surface area (Å²) in [6.45, 7) is 0.282. The number of esters is 1. The van der Waals surface area contributed by atoms with Crippen molar-refractivity contribution in [1.29, 1.82) is 0 Å². The molecule has 26 heavy (non-hydrogen) atoms. The van der Waals surface area contributed by atoms with E-state index in [1.807, 2.05) is 36.4 Å². The number of hydrogen-bond acceptors (Lipinski definition) is 6. The van der Waals surface area contributed by atoms with Crippen LogP contribution in [0.4, 0.5) is 0 Å². The lowest BCUT2D eigenvalue weighted by molar-refractivity contribution is -0.141. The van der Waals surface area contributed by atoms with Crippen LogP contribution in [-0.2, 0) is 16.1 Å². The third-order valence-corrected chi connectivity index (χ3v) is 4.61. The van der Waals surface area contributed by atoms with Gasteiger partial charge in [-0.15, -0.1) is 0 Å². The van der Waals surface area contributed by atoms with Gasteiger partial charge >= 0.3 is 5.97 Å². The summed E-state index contributed by atoms with van der Waals surface area (Å²) in [5, 5.41) is 0.942. The molecule has 0 fully saturated rings. The molecule has 1 heterocycles. The van der Waals surface area contributed by atoms with Crippen molar-refractivity contribution >= 4 is 28.6 Å². The summed E-state index contributed by atoms with van der Waals surface area (Å²) >= 11 is 1.37. The van der Waals surface area contributed by atoms with Gasteiger partial charge in [0.1, 0.15) is 12.3 Å². The molecule has 2 aromatic carbocycles. The van der Waals surface area contributed by atoms with E-state index in [2.05, 4.69) is 4.98 Å². The standard InChI is InChI=1S/C19H18N2O4S/c1-24-17(22)13-21-18(23)15-9-5-6-10-16(15)20-19(21)26-12-11-25-14-7-3-2-4-8-14/h2-10H,11-13H2,1H3. The zero-order valence-electron chi connectivity index (χ0n) is 14.3. The maximum absolute atomic E-state index is 12.7. The second-order valence-electron chi connectivity index (χ2n) is 5.39. The van der Waals surface area contributed by atoms with E-state index in [0.717, 1.165) is 5.75 Å². The molecule has 0 N–H and O–H groups in total. The Morgan fingerprint density at radius 1 is 1.12 bits per heavy atom. The van der Waals surface area contributed by atoms with Crippen LogP contribution in [0.2, 0.25) is 0 Å². The number of methoxy groups -OCH3 is 1. The topological polar surface area (TPSA) is 70.4 Å². The van der Waals surface area contributed by atoms with Gasteiger partial charge in [0.2, 0.25) is 0 Å². The number of carbonyl (C=O) groups is 1. The minimum Gasteiger partial charge on any atom is -0.493 e. The first kappa shape index (κ1) is 18.0. The Morgan fingerprint density at radius 2 is 1.85 bits per heavy atom. The van der Waals surface area contributed by atoms with Crippen molar-refractivity contribution < 1.29 is 14.3 Å². The molecule has 0 atom stereocenters. The van der Waals surface area contributed by atoms with Crippen LogP contribution in [0.15, 0.2) is 64.5 Å². The van der Waals surface area contributed by atoms with Crippen LogP contribution in [0.3, 0.4) is 0 Å². The molecule has 3 aromatic rings. The van der Waals surface area contributed by atoms with Gasteiger partial charge in [0, 0.05) is 5.75 Å². The number of carbonyl (C=O) groups excluding carboxylic acids is 1. The molecule has 7 heteroatoms. The number of para-hydroxylation sites is 2. The molecule has 0 aliphatic carbocycles. The van der Waals surface area contributed by atoms with E-state index in [1.165, 1.54) is 23.4 Å². The van der Waals surface area contributed by atoms with E-state index < -0.39 is 5.97 Å². The van der Waals surface area contributed by atoms with Crippen molar-refractivity contribution in [2.75, 3.05) is 19.5 Å². The fourth-order valence-corrected chi connectivity index (χ4v) is 3.22. The summed E-state index contributed by atoms with van der Waals surface area (Å²) in [6, 6.07) is 16.6. The van der Waals surface area contributed by atoms with Crippen LogP contribution in [0.1, 0.15) is 0 Å². The first-order valence-electron chi connectivity index (χ1n) is 8.06. The van der Waals surface area contributed by atoms with Crippen LogP contribution in [0, 0.1) is 0 Å². The van der Waals surface area contributed by atoms with Crippen molar-refractivity contribution in [2.45, 2.75) is 11.7 Å². The summed E-state index contributed by atoms with van der Waals surface area (Å²) < 4.78 is 11.7. The molecule has 0 spiro atoms. The number of rotatable bonds is 7. The van der Waals surface area contributed by atoms with E-state index in [9.17, 15) is 9.59 Å². The first-order chi connectivity index (χ1) is 12.7. The van der Waals surface area contributed by atoms with Crippen molar-refractivity contribution in [1.82, 2.24) is 9.55 Å². The second-order valence-corrected chi connectivity index (χ2v) is 6.45. The Balaban J connectivity index is 1.80. The second kappa shape index (κ2) is 8.53. The summed E-state index contributed by atoms with van der Waals surface area (Å²) in [4.78, 5) is 28.9. The molecule has 0 radical (unpaired) electrons. The fourth-order valence-electron chi connectivity index (χ4n) is 2.40. The lowest BCUT2D eigenvalue weighted by atomic mass is 10.2. The van der Waals surface area contributed by atoms with Gasteiger partial charge in [0.25, 0.3) is 5.56 Å². The Kier molecular flexibility index (Phi) is 5.91. The summed E-state index contributed by atoms with van der Waals surface area (Å²) in [5.41, 5.74) is 0.345. The van der Waals surface area contributed by atoms with E-state index >= 15 is 0 Å². The Hall–Kier alpha value is -2.80. The molecule has 0 saturated carbocycles. The van der Waals surface area contributed by atoms with Gasteiger partial charge in [-0.25, -0.2) is 4.98 Å². The third kappa shape index (κ3) is 4.23. The van der Waals surface area contributed by atoms with Crippen LogP contribution in [-0.4, -0.2) is 35.0 Å². The Morgan fingerprint density at radius 3 is 2.62 bits per heavy atom. The lowest BCUT2D eigenvalue weighted by Crippen LogP contribution is -2.27. The van der Waals surface area contributed by atoms with Crippen molar-refractivity contribution in [2.24, 2.45) is 0 Å². The molecular weight excluding hydrogens is 352 g/mol. The highest BCUT2D eigenvalue weighted by atomic mass is 32.2. The van der Waals surface area contributed by atoms with Gasteiger partial charge in [-0.05, 0) is 24.3 Å². The van der Waals surface area contributed by atoms with E-state index in [4.69, 9.17) is 9.47 Å². The number of aromatic nitrogens is 2. The van der Waals surface area contributed by atoms with Crippen LogP contribution >= 0.6 is 11.8 Å². The van der Waals surface area contributed by atoms with Crippen molar-refractivity contribution in [3.63, 3.8) is 0 Å². The quantitative estimate of drug-likeness (QED) is 0.276. The maximum Gasteiger partial charge on any atom is 0.325 e. The molecule has 3 rings (SSSR count). The van der Waals surface area contributed by atoms with Gasteiger partial charge in [-0.1, -0.05) is 42.1 Å². The van der Waals surface area contributed by atoms with Crippen LogP contribution in [0.5, 0.6) is 5.75 Å². The molecule has 134 valence electrons. The van der Waals surface area contributed by atoms with Gasteiger partial charge < -0.3 is 9.47 Å². The zero-order valence-corrected chi connectivity index (χ0v) is 15.1. The highest BCUT2D eigenvalue weighted by Gasteiger charge is 2.14. The lowest BCUT2D eigenvalue weighted by Gasteiger charge is -2.12. The Labute approximate surface area is 154 Å². The van der Waals surface area contributed by atoms with Crippen molar-refractivity contribution in [3.05, 3.63) is 65.0 Å². The molecule has 0 aliphatic heterocycles. The van der Waals surface area contributed by atoms with Gasteiger partial charge in [0.15, 0.2) is 5.16 Å². The average Bonchev–Trinajstić information content (AvgIpc) is 2.68. The Bertz CT molecular complexity index is 957. The molecule has 6 nitrogen and oxygen atoms in total. The van der Waals surface area contributed by atoms with Crippen molar-refractivity contribution in [3.8, 4) is 5.75 Å². The van der Waals surface area contributed by atoms with E-state index in [-0.39, 0.29) is 12.1 Å². The zero-order chi connectivity index (χ0) is 18.4. The molecule has 0 amide bonds. The number of hydrogen-bond donors (Lipinski definition) is 0. The molecule has 0 unspecified atom stereocenters. The number of nitrogens with zero attached hydrogens (tertiary/aromatic N) is 2. The summed E-state index contributed by atoms with van der Waals surface area (Å²) in [7, 11) is 1.29. The highest BCUT2D eigenvalue weighted by Crippen LogP contribution is 2.18. The predicted octanol–water partition coefficient (Wildman–Crippen LogP) is 2.74. The fraction of sp³-hybridized carbons (Fsp3) is 0.211. The molecule has 0 aliphatic rings. The number of ether oxygens (including phenoxy) is 2. The van der Waals surface area contributed by atoms with Gasteiger partial charge in [0.05, 0.1) is 24.6 Å². The summed E-state index contributed by atoms with van der Waals surface area (Å²) in [6.07, 6.45) is 0. The van der Waals surface area contributed by atoms with Gasteiger partial charge in [-0.3, -0.25) is 14.2 Å². The number of fused-ring (bicyclic) bond motifs is 1. The van der Waals surface area contributed by atoms with Crippen LogP contribution < -0.4 is 10.3 Å². The number of thioether (sulfide) groups is 1. The highest BCUT2D eigenvalue weighted by molar-refractivity contribution is 7.99. The predicted molar refractivity (Wildman–Crippen MR) is 101 cm³/mol. The maximum atomic E-state index is 12.7. The molecule has 0 bridgehead atoms. The first-order valence-corrected chi connectivity index (χ1v) is 9.04. The monoisotopic (exact) mass is 370 g/mol. The van der Waals surface area contributed by atoms with E-state index in [0.29, 0.717) is 28.4 Å². The molecular formula is C19H18N2O4S. The number of benzene rings is 2. The van der Waals surface area contributed by atoms with Gasteiger partial charge in [-0.2, -0.15) is 0 Å². The SMILES string of the molecule is COC(=O)Cn1c(SCCOc2ccccc2)nc2ccccc2c1=O. The minimum absolute atomic E-state index is 0.172. The average molecular weight is 370 g/mol. The smallest absolute Gasteiger partial charge is 0.325 e. The normalized spacial score (nSPS) is 10.7. The third-order valence-electron chi connectivity index (χ3n) is 3.67. The van der Waals surface area contributed by atoms with Crippen LogP contribution in [0.25, 0.3) is 10.9 Å². The summed E-state index contributed by atoms with van der Waals surface area (Å²) in [5.74, 6) is 0.874. The minimum atomic E-state index is -0.494.